The molecule has 0 heterocycles. The van der Waals surface area contributed by atoms with Crippen LogP contribution >= 0.6 is 0 Å². The Bertz CT molecular complexity index is 947. The summed E-state index contributed by atoms with van der Waals surface area (Å²) < 4.78 is 33.2. The molecule has 0 spiro atoms. The van der Waals surface area contributed by atoms with Crippen molar-refractivity contribution in [3.63, 3.8) is 0 Å². The number of para-hydroxylation sites is 2. The van der Waals surface area contributed by atoms with Crippen LogP contribution in [0.25, 0.3) is 0 Å². The average Bonchev–Trinajstić information content (AvgIpc) is 2.58. The number of nitrogens with zero attached hydrogens (tertiary/aromatic N) is 1. The number of ether oxygens (including phenoxy) is 1. The predicted octanol–water partition coefficient (Wildman–Crippen LogP) is 3.36. The minimum atomic E-state index is -3.74. The highest BCUT2D eigenvalue weighted by atomic mass is 32.2. The largest absolute Gasteiger partial charge is 0.495 e. The molecule has 2 aromatic carbocycles. The summed E-state index contributed by atoms with van der Waals surface area (Å²) in [5.74, 6) is 0.244. The zero-order chi connectivity index (χ0) is 20.4. The van der Waals surface area contributed by atoms with E-state index in [-0.39, 0.29) is 10.8 Å². The van der Waals surface area contributed by atoms with E-state index in [1.165, 1.54) is 24.1 Å². The van der Waals surface area contributed by atoms with Crippen molar-refractivity contribution >= 4 is 21.6 Å². The lowest BCUT2D eigenvalue weighted by molar-refractivity contribution is 0.0991. The number of benzene rings is 2. The number of sulfonamides is 1. The fraction of sp³-hybridized carbons (Fsp3) is 0.350. The summed E-state index contributed by atoms with van der Waals surface area (Å²) in [6.07, 6.45) is 0. The molecule has 0 atom stereocenters. The van der Waals surface area contributed by atoms with Gasteiger partial charge in [0.05, 0.1) is 17.7 Å². The standard InChI is InChI=1S/C20H26N2O4S/c1-14-11-12-15(27(24,25)21-20(2,3)4)13-16(14)19(23)22(5)17-9-7-8-10-18(17)26-6/h7-13,21H,1-6H3. The van der Waals surface area contributed by atoms with E-state index in [0.29, 0.717) is 22.6 Å². The van der Waals surface area contributed by atoms with Gasteiger partial charge in [0.1, 0.15) is 5.75 Å². The summed E-state index contributed by atoms with van der Waals surface area (Å²) in [5, 5.41) is 0. The first-order valence-electron chi connectivity index (χ1n) is 8.52. The SMILES string of the molecule is COc1ccccc1N(C)C(=O)c1cc(S(=O)(=O)NC(C)(C)C)ccc1C. The molecule has 0 bridgehead atoms. The number of amides is 1. The molecule has 0 aliphatic carbocycles. The minimum Gasteiger partial charge on any atom is -0.495 e. The van der Waals surface area contributed by atoms with Crippen LogP contribution in [0.15, 0.2) is 47.4 Å². The zero-order valence-corrected chi connectivity index (χ0v) is 17.3. The molecule has 146 valence electrons. The van der Waals surface area contributed by atoms with E-state index >= 15 is 0 Å². The van der Waals surface area contributed by atoms with Gasteiger partial charge in [0, 0.05) is 18.2 Å². The number of methoxy groups -OCH3 is 1. The third-order valence-corrected chi connectivity index (χ3v) is 5.70. The number of rotatable bonds is 5. The van der Waals surface area contributed by atoms with Crippen LogP contribution in [0.5, 0.6) is 5.75 Å². The first kappa shape index (κ1) is 20.9. The third-order valence-electron chi connectivity index (χ3n) is 3.94. The van der Waals surface area contributed by atoms with E-state index < -0.39 is 15.6 Å². The molecule has 0 unspecified atom stereocenters. The second-order valence-electron chi connectivity index (χ2n) is 7.37. The second-order valence-corrected chi connectivity index (χ2v) is 9.05. The Morgan fingerprint density at radius 3 is 2.33 bits per heavy atom. The fourth-order valence-corrected chi connectivity index (χ4v) is 4.10. The monoisotopic (exact) mass is 390 g/mol. The van der Waals surface area contributed by atoms with Crippen LogP contribution in [0.3, 0.4) is 0 Å². The van der Waals surface area contributed by atoms with E-state index in [9.17, 15) is 13.2 Å². The lowest BCUT2D eigenvalue weighted by atomic mass is 10.1. The summed E-state index contributed by atoms with van der Waals surface area (Å²) in [4.78, 5) is 14.6. The van der Waals surface area contributed by atoms with E-state index in [2.05, 4.69) is 4.72 Å². The number of aryl methyl sites for hydroxylation is 1. The van der Waals surface area contributed by atoms with Gasteiger partial charge in [0.25, 0.3) is 5.91 Å². The molecule has 0 saturated carbocycles. The number of anilines is 1. The molecule has 0 fully saturated rings. The van der Waals surface area contributed by atoms with Crippen molar-refractivity contribution in [3.05, 3.63) is 53.6 Å². The maximum Gasteiger partial charge on any atom is 0.258 e. The van der Waals surface area contributed by atoms with Crippen LogP contribution < -0.4 is 14.4 Å². The van der Waals surface area contributed by atoms with Crippen molar-refractivity contribution in [2.75, 3.05) is 19.1 Å². The van der Waals surface area contributed by atoms with Gasteiger partial charge in [-0.25, -0.2) is 13.1 Å². The second kappa shape index (κ2) is 7.70. The quantitative estimate of drug-likeness (QED) is 0.849. The maximum atomic E-state index is 13.1. The molecule has 0 radical (unpaired) electrons. The molecule has 0 saturated heterocycles. The Morgan fingerprint density at radius 2 is 1.74 bits per heavy atom. The molecule has 0 aliphatic heterocycles. The van der Waals surface area contributed by atoms with Crippen molar-refractivity contribution in [1.82, 2.24) is 4.72 Å². The van der Waals surface area contributed by atoms with Gasteiger partial charge >= 0.3 is 0 Å². The van der Waals surface area contributed by atoms with Crippen molar-refractivity contribution in [2.24, 2.45) is 0 Å². The molecule has 1 N–H and O–H groups in total. The Kier molecular flexibility index (Phi) is 5.97. The maximum absolute atomic E-state index is 13.1. The third kappa shape index (κ3) is 4.87. The van der Waals surface area contributed by atoms with Gasteiger partial charge in [0.15, 0.2) is 0 Å². The summed E-state index contributed by atoms with van der Waals surface area (Å²) in [7, 11) is -0.571. The van der Waals surface area contributed by atoms with Crippen LogP contribution in [-0.2, 0) is 10.0 Å². The molecule has 1 amide bonds. The summed E-state index contributed by atoms with van der Waals surface area (Å²) >= 11 is 0. The Morgan fingerprint density at radius 1 is 1.11 bits per heavy atom. The van der Waals surface area contributed by atoms with Crippen LogP contribution in [0, 0.1) is 6.92 Å². The highest BCUT2D eigenvalue weighted by molar-refractivity contribution is 7.89. The van der Waals surface area contributed by atoms with E-state index in [4.69, 9.17) is 4.74 Å². The van der Waals surface area contributed by atoms with Gasteiger partial charge in [-0.3, -0.25) is 4.79 Å². The van der Waals surface area contributed by atoms with Crippen LogP contribution in [-0.4, -0.2) is 34.0 Å². The number of carbonyl (C=O) groups is 1. The Balaban J connectivity index is 2.45. The molecule has 2 aromatic rings. The zero-order valence-electron chi connectivity index (χ0n) is 16.5. The highest BCUT2D eigenvalue weighted by Crippen LogP contribution is 2.28. The molecule has 7 heteroatoms. The number of nitrogens with one attached hydrogen (secondary N) is 1. The van der Waals surface area contributed by atoms with Crippen LogP contribution in [0.2, 0.25) is 0 Å². The molecule has 0 aromatic heterocycles. The fourth-order valence-electron chi connectivity index (χ4n) is 2.66. The van der Waals surface area contributed by atoms with Gasteiger partial charge in [-0.2, -0.15) is 0 Å². The van der Waals surface area contributed by atoms with Crippen molar-refractivity contribution in [2.45, 2.75) is 38.1 Å². The number of hydrogen-bond donors (Lipinski definition) is 1. The molecule has 2 rings (SSSR count). The summed E-state index contributed by atoms with van der Waals surface area (Å²) in [6, 6.07) is 11.7. The van der Waals surface area contributed by atoms with Gasteiger partial charge in [-0.1, -0.05) is 18.2 Å². The van der Waals surface area contributed by atoms with Crippen molar-refractivity contribution in [3.8, 4) is 5.75 Å². The van der Waals surface area contributed by atoms with E-state index in [1.54, 1.807) is 52.9 Å². The van der Waals surface area contributed by atoms with Gasteiger partial charge in [0.2, 0.25) is 10.0 Å². The minimum absolute atomic E-state index is 0.0554. The van der Waals surface area contributed by atoms with Gasteiger partial charge < -0.3 is 9.64 Å². The Labute approximate surface area is 161 Å². The first-order chi connectivity index (χ1) is 12.5. The lowest BCUT2D eigenvalue weighted by Crippen LogP contribution is -2.40. The Hall–Kier alpha value is -2.38. The van der Waals surface area contributed by atoms with Crippen molar-refractivity contribution < 1.29 is 17.9 Å². The molecule has 0 aliphatic rings. The smallest absolute Gasteiger partial charge is 0.258 e. The molecular formula is C20H26N2O4S. The van der Waals surface area contributed by atoms with E-state index in [0.717, 1.165) is 0 Å². The van der Waals surface area contributed by atoms with Crippen LogP contribution in [0.1, 0.15) is 36.7 Å². The van der Waals surface area contributed by atoms with Gasteiger partial charge in [-0.05, 0) is 57.5 Å². The molecular weight excluding hydrogens is 364 g/mol. The van der Waals surface area contributed by atoms with Gasteiger partial charge in [-0.15, -0.1) is 0 Å². The lowest BCUT2D eigenvalue weighted by Gasteiger charge is -2.22. The first-order valence-corrected chi connectivity index (χ1v) is 10.0. The predicted molar refractivity (Wildman–Crippen MR) is 107 cm³/mol. The van der Waals surface area contributed by atoms with E-state index in [1.807, 2.05) is 12.1 Å². The average molecular weight is 391 g/mol. The molecule has 6 nitrogen and oxygen atoms in total. The van der Waals surface area contributed by atoms with Crippen LogP contribution in [0.4, 0.5) is 5.69 Å². The topological polar surface area (TPSA) is 75.7 Å². The number of carbonyl (C=O) groups excluding carboxylic acids is 1. The highest BCUT2D eigenvalue weighted by Gasteiger charge is 2.25. The number of hydrogen-bond acceptors (Lipinski definition) is 4. The normalized spacial score (nSPS) is 11.9. The molecule has 27 heavy (non-hydrogen) atoms. The summed E-state index contributed by atoms with van der Waals surface area (Å²) in [5.41, 5.74) is 0.990. The summed E-state index contributed by atoms with van der Waals surface area (Å²) in [6.45, 7) is 7.07. The van der Waals surface area contributed by atoms with Crippen molar-refractivity contribution in [1.29, 1.82) is 0 Å².